The third-order valence-electron chi connectivity index (χ3n) is 2.97. The predicted molar refractivity (Wildman–Crippen MR) is 92.3 cm³/mol. The minimum Gasteiger partial charge on any atom is -0.707 e. The summed E-state index contributed by atoms with van der Waals surface area (Å²) in [5.41, 5.74) is 4.62. The Morgan fingerprint density at radius 2 is 1.72 bits per heavy atom. The number of rotatable bonds is 9. The standard InChI is InChI=1S/C12H24N2O3.C2H6.CH4O4S/c1-5-9(10(13)15)8-12(2,3)11(16)17-7-6-14-4;1-2;1-6(3,4)5-2/h9,14H,5-8H2,1-4H3,(H2,13,15);1-2H3;2H,1H3/t9-;;/m1../s1. The van der Waals surface area contributed by atoms with Gasteiger partial charge in [-0.3, -0.25) is 9.59 Å². The number of hydrogen-bond donors (Lipinski definition) is 2. The summed E-state index contributed by atoms with van der Waals surface area (Å²) in [6, 6.07) is 0. The molecule has 0 bridgehead atoms. The van der Waals surface area contributed by atoms with Gasteiger partial charge in [0.05, 0.1) is 18.7 Å². The van der Waals surface area contributed by atoms with E-state index in [0.29, 0.717) is 25.7 Å². The van der Waals surface area contributed by atoms with E-state index in [1.807, 2.05) is 33.1 Å². The molecule has 25 heavy (non-hydrogen) atoms. The van der Waals surface area contributed by atoms with E-state index in [4.69, 9.17) is 15.7 Å². The average molecular weight is 387 g/mol. The van der Waals surface area contributed by atoms with Crippen LogP contribution in [-0.2, 0) is 28.8 Å². The molecule has 0 aromatic heterocycles. The molecule has 0 spiro atoms. The number of carbonyl (C=O) groups excluding carboxylic acids is 2. The number of esters is 1. The Balaban J connectivity index is -0.000000507. The summed E-state index contributed by atoms with van der Waals surface area (Å²) in [6.07, 6.45) is 1.77. The molecule has 0 aromatic carbocycles. The molecule has 0 aliphatic carbocycles. The van der Waals surface area contributed by atoms with E-state index in [1.165, 1.54) is 0 Å². The Morgan fingerprint density at radius 1 is 1.28 bits per heavy atom. The maximum atomic E-state index is 11.8. The fourth-order valence-corrected chi connectivity index (χ4v) is 1.61. The second-order valence-corrected chi connectivity index (χ2v) is 7.24. The lowest BCUT2D eigenvalue weighted by molar-refractivity contribution is -0.634. The largest absolute Gasteiger partial charge is 0.707 e. The minimum atomic E-state index is -3.72. The molecule has 0 saturated carbocycles. The Kier molecular flexibility index (Phi) is 17.2. The van der Waals surface area contributed by atoms with Crippen LogP contribution in [0.2, 0.25) is 0 Å². The van der Waals surface area contributed by atoms with Gasteiger partial charge in [0.15, 0.2) is 0 Å². The quantitative estimate of drug-likeness (QED) is 0.221. The lowest BCUT2D eigenvalue weighted by Gasteiger charge is -2.25. The van der Waals surface area contributed by atoms with Crippen LogP contribution >= 0.6 is 0 Å². The first-order chi connectivity index (χ1) is 11.4. The minimum absolute atomic E-state index is 0.265. The van der Waals surface area contributed by atoms with Crippen molar-refractivity contribution in [2.45, 2.75) is 47.5 Å². The van der Waals surface area contributed by atoms with Crippen LogP contribution in [0.3, 0.4) is 0 Å². The van der Waals surface area contributed by atoms with Crippen LogP contribution in [0.5, 0.6) is 0 Å². The Hall–Kier alpha value is -1.23. The normalized spacial score (nSPS) is 12.0. The van der Waals surface area contributed by atoms with E-state index < -0.39 is 15.5 Å². The second kappa shape index (κ2) is 15.1. The number of carbonyl (C=O) groups is 2. The first-order valence-corrected chi connectivity index (χ1v) is 9.98. The first kappa shape index (κ1) is 28.6. The molecule has 152 valence electrons. The monoisotopic (exact) mass is 386 g/mol. The molecule has 0 fully saturated rings. The van der Waals surface area contributed by atoms with Crippen molar-refractivity contribution in [1.82, 2.24) is 0 Å². The predicted octanol–water partition coefficient (Wildman–Crippen LogP) is -1.09. The Labute approximate surface area is 151 Å². The van der Waals surface area contributed by atoms with Gasteiger partial charge in [0, 0.05) is 5.92 Å². The molecule has 0 aromatic rings. The molecule has 1 atom stereocenters. The van der Waals surface area contributed by atoms with E-state index in [0.717, 1.165) is 6.54 Å². The molecule has 0 radical (unpaired) electrons. The topological polar surface area (TPSA) is 152 Å². The van der Waals surface area contributed by atoms with Crippen molar-refractivity contribution in [2.24, 2.45) is 17.1 Å². The summed E-state index contributed by atoms with van der Waals surface area (Å²) in [5.74, 6) is -0.885. The van der Waals surface area contributed by atoms with E-state index >= 15 is 0 Å². The molecule has 4 N–H and O–H groups in total. The summed E-state index contributed by atoms with van der Waals surface area (Å²) >= 11 is 0. The molecule has 0 rings (SSSR count). The molecule has 0 unspecified atom stereocenters. The fourth-order valence-electron chi connectivity index (χ4n) is 1.61. The highest BCUT2D eigenvalue weighted by molar-refractivity contribution is 7.85. The van der Waals surface area contributed by atoms with Crippen molar-refractivity contribution in [1.29, 1.82) is 0 Å². The summed E-state index contributed by atoms with van der Waals surface area (Å²) < 4.78 is 26.7. The van der Waals surface area contributed by atoms with Crippen molar-refractivity contribution >= 4 is 22.0 Å². The van der Waals surface area contributed by atoms with Crippen molar-refractivity contribution in [3.05, 3.63) is 0 Å². The fraction of sp³-hybridized carbons (Fsp3) is 0.867. The molecule has 10 heteroatoms. The summed E-state index contributed by atoms with van der Waals surface area (Å²) in [4.78, 5) is 23.0. The van der Waals surface area contributed by atoms with Crippen LogP contribution in [-0.4, -0.2) is 46.7 Å². The molecule has 0 heterocycles. The smallest absolute Gasteiger partial charge is 0.311 e. The van der Waals surface area contributed by atoms with Crippen molar-refractivity contribution in [3.63, 3.8) is 0 Å². The molecule has 0 aliphatic heterocycles. The third-order valence-corrected chi connectivity index (χ3v) is 3.21. The molecule has 0 saturated heterocycles. The number of nitrogens with two attached hydrogens (primary N) is 2. The van der Waals surface area contributed by atoms with Crippen molar-refractivity contribution in [2.75, 3.05) is 26.5 Å². The molecular formula is C15H34N2O7S. The van der Waals surface area contributed by atoms with Crippen LogP contribution in [0.4, 0.5) is 0 Å². The van der Waals surface area contributed by atoms with Crippen LogP contribution in [0.1, 0.15) is 47.5 Å². The zero-order chi connectivity index (χ0) is 20.7. The van der Waals surface area contributed by atoms with E-state index in [-0.39, 0.29) is 17.8 Å². The zero-order valence-corrected chi connectivity index (χ0v) is 17.1. The molecular weight excluding hydrogens is 352 g/mol. The number of amides is 1. The van der Waals surface area contributed by atoms with Crippen LogP contribution in [0.15, 0.2) is 0 Å². The number of hydrogen-bond acceptors (Lipinski definition) is 7. The number of quaternary nitrogens is 1. The van der Waals surface area contributed by atoms with Gasteiger partial charge in [-0.15, -0.1) is 0 Å². The van der Waals surface area contributed by atoms with E-state index in [1.54, 1.807) is 13.8 Å². The van der Waals surface area contributed by atoms with Gasteiger partial charge in [-0.2, -0.15) is 0 Å². The van der Waals surface area contributed by atoms with Gasteiger partial charge in [0.1, 0.15) is 13.2 Å². The zero-order valence-electron chi connectivity index (χ0n) is 16.3. The van der Waals surface area contributed by atoms with Crippen LogP contribution in [0.25, 0.3) is 0 Å². The second-order valence-electron chi connectivity index (χ2n) is 5.70. The van der Waals surface area contributed by atoms with Crippen LogP contribution in [0, 0.1) is 11.3 Å². The number of ether oxygens (including phenoxy) is 1. The maximum Gasteiger partial charge on any atom is 0.311 e. The van der Waals surface area contributed by atoms with Crippen molar-refractivity contribution in [3.8, 4) is 0 Å². The lowest BCUT2D eigenvalue weighted by atomic mass is 9.81. The first-order valence-electron chi connectivity index (χ1n) is 8.17. The summed E-state index contributed by atoms with van der Waals surface area (Å²) in [5, 5.41) is 10.8. The Bertz CT molecular complexity index is 465. The molecule has 9 nitrogen and oxygen atoms in total. The Morgan fingerprint density at radius 3 is 2.00 bits per heavy atom. The summed E-state index contributed by atoms with van der Waals surface area (Å²) in [7, 11) is -1.80. The summed E-state index contributed by atoms with van der Waals surface area (Å²) in [6.45, 7) is 10.6. The lowest BCUT2D eigenvalue weighted by Crippen LogP contribution is -2.80. The molecule has 0 aliphatic rings. The number of likely N-dealkylation sites (N-methyl/N-ethyl adjacent to an activating group) is 1. The number of primary amides is 1. The van der Waals surface area contributed by atoms with Gasteiger partial charge >= 0.3 is 5.97 Å². The SMILES string of the molecule is CC.CC[C@H](CC(C)(C)C(=O)OCC[NH2+]C)C(N)=O.CS(=O)(=O)O[O-]. The molecule has 1 amide bonds. The van der Waals surface area contributed by atoms with Gasteiger partial charge in [0.2, 0.25) is 5.91 Å². The van der Waals surface area contributed by atoms with Crippen molar-refractivity contribution < 1.29 is 37.7 Å². The maximum absolute atomic E-state index is 11.8. The van der Waals surface area contributed by atoms with Gasteiger partial charge < -0.3 is 25.4 Å². The van der Waals surface area contributed by atoms with E-state index in [9.17, 15) is 18.0 Å². The van der Waals surface area contributed by atoms with Gasteiger partial charge in [0.25, 0.3) is 10.1 Å². The highest BCUT2D eigenvalue weighted by atomic mass is 32.2. The highest BCUT2D eigenvalue weighted by Crippen LogP contribution is 2.28. The van der Waals surface area contributed by atoms with Gasteiger partial charge in [-0.1, -0.05) is 20.8 Å². The third kappa shape index (κ3) is 17.4. The van der Waals surface area contributed by atoms with Crippen LogP contribution < -0.4 is 16.3 Å². The highest BCUT2D eigenvalue weighted by Gasteiger charge is 2.33. The van der Waals surface area contributed by atoms with Gasteiger partial charge in [-0.25, -0.2) is 8.42 Å². The average Bonchev–Trinajstić information content (AvgIpc) is 2.54. The van der Waals surface area contributed by atoms with Gasteiger partial charge in [-0.05, 0) is 26.7 Å². The van der Waals surface area contributed by atoms with E-state index in [2.05, 4.69) is 4.33 Å².